The lowest BCUT2D eigenvalue weighted by atomic mass is 10.2. The minimum atomic E-state index is -1.18. The van der Waals surface area contributed by atoms with Gasteiger partial charge < -0.3 is 15.2 Å². The lowest BCUT2D eigenvalue weighted by Gasteiger charge is -2.19. The van der Waals surface area contributed by atoms with E-state index in [-0.39, 0.29) is 18.2 Å². The Hall–Kier alpha value is -1.70. The molecule has 0 spiro atoms. The summed E-state index contributed by atoms with van der Waals surface area (Å²) in [5.74, 6) is -1.55. The summed E-state index contributed by atoms with van der Waals surface area (Å²) in [7, 11) is 0. The van der Waals surface area contributed by atoms with Crippen LogP contribution in [0, 0.1) is 0 Å². The summed E-state index contributed by atoms with van der Waals surface area (Å²) in [6, 6.07) is 0. The fourth-order valence-electron chi connectivity index (χ4n) is 1.76. The molecule has 1 fully saturated rings. The molecule has 0 aromatic carbocycles. The van der Waals surface area contributed by atoms with Gasteiger partial charge in [-0.05, 0) is 27.2 Å². The van der Waals surface area contributed by atoms with Crippen LogP contribution in [-0.4, -0.2) is 33.9 Å². The van der Waals surface area contributed by atoms with Gasteiger partial charge in [0.1, 0.15) is 16.8 Å². The van der Waals surface area contributed by atoms with Gasteiger partial charge in [0, 0.05) is 10.8 Å². The van der Waals surface area contributed by atoms with Crippen LogP contribution in [-0.2, 0) is 11.3 Å². The normalized spacial score (nSPS) is 21.0. The van der Waals surface area contributed by atoms with E-state index in [2.05, 4.69) is 10.3 Å². The number of carbonyl (C=O) groups is 2. The van der Waals surface area contributed by atoms with Crippen molar-refractivity contribution in [3.05, 3.63) is 15.6 Å². The molecular formula is C13H17FN2O4S. The summed E-state index contributed by atoms with van der Waals surface area (Å²) in [5.41, 5.74) is -0.731. The lowest BCUT2D eigenvalue weighted by Crippen LogP contribution is -2.32. The number of alkyl halides is 1. The van der Waals surface area contributed by atoms with Crippen molar-refractivity contribution in [2.24, 2.45) is 0 Å². The average Bonchev–Trinajstić information content (AvgIpc) is 2.89. The number of carboxylic acids is 1. The second-order valence-corrected chi connectivity index (χ2v) is 6.95. The molecular weight excluding hydrogens is 299 g/mol. The molecule has 0 bridgehead atoms. The van der Waals surface area contributed by atoms with Crippen LogP contribution >= 0.6 is 11.3 Å². The fourth-order valence-corrected chi connectivity index (χ4v) is 2.92. The van der Waals surface area contributed by atoms with Crippen LogP contribution in [0.25, 0.3) is 0 Å². The maximum absolute atomic E-state index is 13.1. The molecule has 1 aromatic heterocycles. The zero-order chi connectivity index (χ0) is 15.8. The molecule has 2 rings (SSSR count). The molecule has 1 aliphatic carbocycles. The van der Waals surface area contributed by atoms with Gasteiger partial charge in [0.05, 0.1) is 6.54 Å². The van der Waals surface area contributed by atoms with Gasteiger partial charge in [-0.1, -0.05) is 0 Å². The van der Waals surface area contributed by atoms with E-state index in [0.29, 0.717) is 16.3 Å². The number of carbonyl (C=O) groups excluding carboxylic acids is 1. The van der Waals surface area contributed by atoms with Crippen LogP contribution in [0.15, 0.2) is 0 Å². The first-order chi connectivity index (χ1) is 9.67. The van der Waals surface area contributed by atoms with Gasteiger partial charge >= 0.3 is 12.1 Å². The predicted octanol–water partition coefficient (Wildman–Crippen LogP) is 2.69. The Bertz CT molecular complexity index is 567. The van der Waals surface area contributed by atoms with E-state index in [1.165, 1.54) is 0 Å². The number of aromatic nitrogens is 1. The van der Waals surface area contributed by atoms with Crippen molar-refractivity contribution in [2.75, 3.05) is 0 Å². The zero-order valence-corrected chi connectivity index (χ0v) is 12.8. The quantitative estimate of drug-likeness (QED) is 0.891. The molecule has 0 unspecified atom stereocenters. The van der Waals surface area contributed by atoms with Crippen molar-refractivity contribution in [3.8, 4) is 0 Å². The van der Waals surface area contributed by atoms with Gasteiger partial charge in [0.2, 0.25) is 0 Å². The number of thiazole rings is 1. The van der Waals surface area contributed by atoms with Crippen molar-refractivity contribution in [3.63, 3.8) is 0 Å². The number of aromatic carboxylic acids is 1. The summed E-state index contributed by atoms with van der Waals surface area (Å²) < 4.78 is 18.2. The molecule has 1 amide bonds. The smallest absolute Gasteiger partial charge is 0.408 e. The molecule has 116 valence electrons. The van der Waals surface area contributed by atoms with E-state index in [4.69, 9.17) is 9.84 Å². The number of halogens is 1. The number of ether oxygens (including phenoxy) is 1. The number of alkyl carbamates (subject to hydrolysis) is 1. The van der Waals surface area contributed by atoms with Crippen LogP contribution in [0.5, 0.6) is 0 Å². The second kappa shape index (κ2) is 5.59. The maximum Gasteiger partial charge on any atom is 0.408 e. The highest BCUT2D eigenvalue weighted by atomic mass is 32.1. The Morgan fingerprint density at radius 1 is 1.52 bits per heavy atom. The van der Waals surface area contributed by atoms with Crippen LogP contribution in [0.3, 0.4) is 0 Å². The van der Waals surface area contributed by atoms with E-state index < -0.39 is 23.8 Å². The molecule has 1 aromatic rings. The first-order valence-electron chi connectivity index (χ1n) is 6.51. The molecule has 1 aliphatic rings. The third-order valence-electron chi connectivity index (χ3n) is 2.73. The Morgan fingerprint density at radius 2 is 2.14 bits per heavy atom. The number of nitrogens with zero attached hydrogens (tertiary/aromatic N) is 1. The number of hydrogen-bond donors (Lipinski definition) is 2. The SMILES string of the molecule is CC(C)(C)OC(=O)NCc1nc(C(=O)O)c([C@@H]2C[C@@H]2F)s1. The zero-order valence-electron chi connectivity index (χ0n) is 12.0. The largest absolute Gasteiger partial charge is 0.476 e. The van der Waals surface area contributed by atoms with Crippen LogP contribution in [0.4, 0.5) is 9.18 Å². The molecule has 8 heteroatoms. The molecule has 0 saturated heterocycles. The van der Waals surface area contributed by atoms with Crippen molar-refractivity contribution >= 4 is 23.4 Å². The summed E-state index contributed by atoms with van der Waals surface area (Å²) in [6.07, 6.45) is -1.26. The maximum atomic E-state index is 13.1. The summed E-state index contributed by atoms with van der Waals surface area (Å²) >= 11 is 1.12. The van der Waals surface area contributed by atoms with E-state index in [1.54, 1.807) is 20.8 Å². The van der Waals surface area contributed by atoms with Gasteiger partial charge in [0.25, 0.3) is 0 Å². The Labute approximate surface area is 125 Å². The second-order valence-electron chi connectivity index (χ2n) is 5.84. The standard InChI is InChI=1S/C13H17FN2O4S/c1-13(2,3)20-12(19)15-5-8-16-9(11(17)18)10(21-8)6-4-7(6)14/h6-7H,4-5H2,1-3H3,(H,15,19)(H,17,18)/t6-,7+/m1/s1. The minimum absolute atomic E-state index is 0.0591. The van der Waals surface area contributed by atoms with Crippen molar-refractivity contribution < 1.29 is 23.8 Å². The highest BCUT2D eigenvalue weighted by Crippen LogP contribution is 2.47. The van der Waals surface area contributed by atoms with Gasteiger partial charge in [-0.3, -0.25) is 0 Å². The summed E-state index contributed by atoms with van der Waals surface area (Å²) in [6.45, 7) is 5.28. The molecule has 6 nitrogen and oxygen atoms in total. The number of rotatable bonds is 4. The van der Waals surface area contributed by atoms with Crippen LogP contribution in [0.1, 0.15) is 53.5 Å². The highest BCUT2D eigenvalue weighted by molar-refractivity contribution is 7.12. The van der Waals surface area contributed by atoms with Crippen molar-refractivity contribution in [1.29, 1.82) is 0 Å². The molecule has 0 radical (unpaired) electrons. The van der Waals surface area contributed by atoms with Crippen LogP contribution in [0.2, 0.25) is 0 Å². The average molecular weight is 316 g/mol. The minimum Gasteiger partial charge on any atom is -0.476 e. The van der Waals surface area contributed by atoms with E-state index >= 15 is 0 Å². The number of hydrogen-bond acceptors (Lipinski definition) is 5. The Kier molecular flexibility index (Phi) is 4.18. The predicted molar refractivity (Wildman–Crippen MR) is 74.4 cm³/mol. The molecule has 2 atom stereocenters. The Balaban J connectivity index is 2.01. The topological polar surface area (TPSA) is 88.5 Å². The molecule has 0 aliphatic heterocycles. The van der Waals surface area contributed by atoms with Crippen molar-refractivity contribution in [1.82, 2.24) is 10.3 Å². The first-order valence-corrected chi connectivity index (χ1v) is 7.33. The van der Waals surface area contributed by atoms with E-state index in [1.807, 2.05) is 0 Å². The first kappa shape index (κ1) is 15.7. The Morgan fingerprint density at radius 3 is 2.62 bits per heavy atom. The number of carboxylic acid groups (broad SMARTS) is 1. The van der Waals surface area contributed by atoms with Crippen LogP contribution < -0.4 is 5.32 Å². The summed E-state index contributed by atoms with van der Waals surface area (Å²) in [4.78, 5) is 27.0. The molecule has 1 heterocycles. The van der Waals surface area contributed by atoms with Gasteiger partial charge in [-0.2, -0.15) is 0 Å². The summed E-state index contributed by atoms with van der Waals surface area (Å²) in [5, 5.41) is 12.0. The van der Waals surface area contributed by atoms with Crippen molar-refractivity contribution in [2.45, 2.75) is 51.4 Å². The fraction of sp³-hybridized carbons (Fsp3) is 0.615. The van der Waals surface area contributed by atoms with Gasteiger partial charge in [0.15, 0.2) is 5.69 Å². The molecule has 21 heavy (non-hydrogen) atoms. The number of nitrogens with one attached hydrogen (secondary N) is 1. The molecule has 1 saturated carbocycles. The van der Waals surface area contributed by atoms with E-state index in [9.17, 15) is 14.0 Å². The van der Waals surface area contributed by atoms with Gasteiger partial charge in [-0.25, -0.2) is 19.0 Å². The third kappa shape index (κ3) is 4.13. The van der Waals surface area contributed by atoms with E-state index in [0.717, 1.165) is 11.3 Å². The monoisotopic (exact) mass is 316 g/mol. The third-order valence-corrected chi connectivity index (χ3v) is 3.92. The van der Waals surface area contributed by atoms with Gasteiger partial charge in [-0.15, -0.1) is 11.3 Å². The highest BCUT2D eigenvalue weighted by Gasteiger charge is 2.43. The molecule has 2 N–H and O–H groups in total. The lowest BCUT2D eigenvalue weighted by molar-refractivity contribution is 0.0523. The number of amides is 1.